The normalized spacial score (nSPS) is 19.8. The third-order valence-electron chi connectivity index (χ3n) is 3.76. The first-order valence-electron chi connectivity index (χ1n) is 7.56. The summed E-state index contributed by atoms with van der Waals surface area (Å²) in [6.07, 6.45) is 0.710. The van der Waals surface area contributed by atoms with Crippen LogP contribution in [-0.4, -0.2) is 27.9 Å². The highest BCUT2D eigenvalue weighted by Gasteiger charge is 2.36. The summed E-state index contributed by atoms with van der Waals surface area (Å²) < 4.78 is 1.06. The number of aryl methyl sites for hydroxylation is 1. The third-order valence-corrected chi connectivity index (χ3v) is 7.16. The molecule has 1 atom stereocenters. The Hall–Kier alpha value is -1.49. The lowest BCUT2D eigenvalue weighted by Gasteiger charge is -2.21. The monoisotopic (exact) mass is 375 g/mol. The van der Waals surface area contributed by atoms with E-state index in [4.69, 9.17) is 0 Å². The van der Waals surface area contributed by atoms with Crippen LogP contribution in [-0.2, 0) is 5.75 Å². The number of rotatable bonds is 5. The Bertz CT molecular complexity index is 758. The molecule has 1 amide bonds. The number of amides is 1. The molecule has 4 nitrogen and oxygen atoms in total. The topological polar surface area (TPSA) is 65.8 Å². The predicted molar refractivity (Wildman–Crippen MR) is 101 cm³/mol. The molecule has 7 heteroatoms. The van der Waals surface area contributed by atoms with E-state index in [0.717, 1.165) is 27.1 Å². The predicted octanol–water partition coefficient (Wildman–Crippen LogP) is 3.87. The molecule has 2 aromatic rings. The number of aromatic nitrogens is 1. The maximum atomic E-state index is 12.4. The highest BCUT2D eigenvalue weighted by molar-refractivity contribution is 8.00. The van der Waals surface area contributed by atoms with Gasteiger partial charge in [0.15, 0.2) is 0 Å². The maximum absolute atomic E-state index is 12.4. The van der Waals surface area contributed by atoms with E-state index in [1.807, 2.05) is 36.6 Å². The van der Waals surface area contributed by atoms with Crippen molar-refractivity contribution in [1.29, 1.82) is 5.26 Å². The largest absolute Gasteiger partial charge is 0.333 e. The third kappa shape index (κ3) is 4.12. The van der Waals surface area contributed by atoms with Gasteiger partial charge in [0.25, 0.3) is 5.91 Å². The molecular formula is C17H17N3OS3. The van der Waals surface area contributed by atoms with Crippen LogP contribution in [0.3, 0.4) is 0 Å². The van der Waals surface area contributed by atoms with E-state index in [0.29, 0.717) is 17.7 Å². The van der Waals surface area contributed by atoms with Crippen molar-refractivity contribution in [3.8, 4) is 6.07 Å². The number of thioether (sulfide) groups is 2. The van der Waals surface area contributed by atoms with Crippen LogP contribution in [0.2, 0.25) is 0 Å². The molecule has 3 rings (SSSR count). The molecule has 24 heavy (non-hydrogen) atoms. The number of hydrogen-bond donors (Lipinski definition) is 1. The molecule has 1 fully saturated rings. The fourth-order valence-corrected chi connectivity index (χ4v) is 5.44. The molecule has 1 aliphatic heterocycles. The minimum atomic E-state index is -0.709. The summed E-state index contributed by atoms with van der Waals surface area (Å²) in [5.41, 5.74) is 2.08. The number of nitriles is 1. The molecule has 2 heterocycles. The van der Waals surface area contributed by atoms with Crippen molar-refractivity contribution in [2.45, 2.75) is 29.0 Å². The Labute approximate surface area is 154 Å². The van der Waals surface area contributed by atoms with Crippen LogP contribution >= 0.6 is 34.9 Å². The van der Waals surface area contributed by atoms with E-state index in [1.165, 1.54) is 0 Å². The first kappa shape index (κ1) is 17.3. The summed E-state index contributed by atoms with van der Waals surface area (Å²) in [6.45, 7) is 1.99. The zero-order chi connectivity index (χ0) is 17.0. The molecule has 0 saturated carbocycles. The molecule has 1 N–H and O–H groups in total. The maximum Gasteiger partial charge on any atom is 0.252 e. The molecule has 0 aliphatic carbocycles. The highest BCUT2D eigenvalue weighted by Crippen LogP contribution is 2.28. The number of carbonyl (C=O) groups excluding carboxylic acids is 1. The molecule has 1 aromatic carbocycles. The number of nitrogens with zero attached hydrogens (tertiary/aromatic N) is 2. The quantitative estimate of drug-likeness (QED) is 0.804. The van der Waals surface area contributed by atoms with Crippen LogP contribution in [0.5, 0.6) is 0 Å². The van der Waals surface area contributed by atoms with Gasteiger partial charge in [-0.05, 0) is 36.8 Å². The highest BCUT2D eigenvalue weighted by atomic mass is 32.2. The average Bonchev–Trinajstić information content (AvgIpc) is 3.23. The smallest absolute Gasteiger partial charge is 0.252 e. The van der Waals surface area contributed by atoms with E-state index >= 15 is 0 Å². The van der Waals surface area contributed by atoms with Crippen molar-refractivity contribution in [3.05, 3.63) is 46.5 Å². The summed E-state index contributed by atoms with van der Waals surface area (Å²) >= 11 is 5.06. The van der Waals surface area contributed by atoms with Gasteiger partial charge in [-0.3, -0.25) is 4.79 Å². The molecule has 1 aromatic heterocycles. The first-order chi connectivity index (χ1) is 11.6. The lowest BCUT2D eigenvalue weighted by molar-refractivity contribution is 0.0926. The van der Waals surface area contributed by atoms with Gasteiger partial charge in [0.05, 0.1) is 6.07 Å². The molecule has 1 aliphatic rings. The number of benzene rings is 1. The van der Waals surface area contributed by atoms with Crippen LogP contribution in [0.25, 0.3) is 0 Å². The van der Waals surface area contributed by atoms with E-state index in [1.54, 1.807) is 34.9 Å². The number of hydrogen-bond acceptors (Lipinski definition) is 6. The van der Waals surface area contributed by atoms with Gasteiger partial charge in [0, 0.05) is 28.1 Å². The van der Waals surface area contributed by atoms with Gasteiger partial charge in [-0.1, -0.05) is 23.9 Å². The average molecular weight is 376 g/mol. The lowest BCUT2D eigenvalue weighted by Crippen LogP contribution is -2.47. The SMILES string of the molecule is Cc1csc(SCc2ccc(C(=O)N[C@@]3(C#N)CCSC3)cc2)n1. The van der Waals surface area contributed by atoms with Gasteiger partial charge in [-0.2, -0.15) is 17.0 Å². The zero-order valence-corrected chi connectivity index (χ0v) is 15.7. The van der Waals surface area contributed by atoms with Gasteiger partial charge in [0.2, 0.25) is 0 Å². The van der Waals surface area contributed by atoms with Crippen LogP contribution in [0.1, 0.15) is 28.0 Å². The summed E-state index contributed by atoms with van der Waals surface area (Å²) in [7, 11) is 0. The molecule has 0 bridgehead atoms. The van der Waals surface area contributed by atoms with E-state index in [2.05, 4.69) is 16.4 Å². The fourth-order valence-electron chi connectivity index (χ4n) is 2.37. The van der Waals surface area contributed by atoms with Crippen molar-refractivity contribution in [2.24, 2.45) is 0 Å². The number of carbonyl (C=O) groups is 1. The van der Waals surface area contributed by atoms with Gasteiger partial charge in [-0.25, -0.2) is 4.98 Å². The van der Waals surface area contributed by atoms with Crippen LogP contribution in [0, 0.1) is 18.3 Å². The van der Waals surface area contributed by atoms with Gasteiger partial charge in [0.1, 0.15) is 9.88 Å². The zero-order valence-electron chi connectivity index (χ0n) is 13.2. The van der Waals surface area contributed by atoms with E-state index < -0.39 is 5.54 Å². The molecule has 0 spiro atoms. The van der Waals surface area contributed by atoms with Gasteiger partial charge < -0.3 is 5.32 Å². The minimum absolute atomic E-state index is 0.172. The second-order valence-electron chi connectivity index (χ2n) is 5.69. The molecule has 124 valence electrons. The minimum Gasteiger partial charge on any atom is -0.333 e. The molecule has 0 unspecified atom stereocenters. The molecule has 0 radical (unpaired) electrons. The Morgan fingerprint density at radius 3 is 2.83 bits per heavy atom. The standard InChI is InChI=1S/C17H17N3OS3/c1-12-8-23-16(19-12)24-9-13-2-4-14(5-3-13)15(21)20-17(10-18)6-7-22-11-17/h2-5,8H,6-7,9,11H2,1H3,(H,20,21)/t17-/m1/s1. The van der Waals surface area contributed by atoms with E-state index in [9.17, 15) is 10.1 Å². The second-order valence-corrected chi connectivity index (χ2v) is 8.88. The first-order valence-corrected chi connectivity index (χ1v) is 10.6. The Morgan fingerprint density at radius 1 is 1.46 bits per heavy atom. The molecule has 1 saturated heterocycles. The summed E-state index contributed by atoms with van der Waals surface area (Å²) in [4.78, 5) is 16.8. The Balaban J connectivity index is 1.59. The summed E-state index contributed by atoms with van der Waals surface area (Å²) in [5.74, 6) is 2.24. The van der Waals surface area contributed by atoms with Gasteiger partial charge >= 0.3 is 0 Å². The molecular weight excluding hydrogens is 358 g/mol. The summed E-state index contributed by atoms with van der Waals surface area (Å²) in [6, 6.07) is 9.84. The van der Waals surface area contributed by atoms with Crippen LogP contribution in [0.4, 0.5) is 0 Å². The summed E-state index contributed by atoms with van der Waals surface area (Å²) in [5, 5.41) is 14.3. The van der Waals surface area contributed by atoms with Crippen molar-refractivity contribution in [2.75, 3.05) is 11.5 Å². The van der Waals surface area contributed by atoms with Crippen molar-refractivity contribution >= 4 is 40.8 Å². The van der Waals surface area contributed by atoms with Gasteiger partial charge in [-0.15, -0.1) is 11.3 Å². The number of nitrogens with one attached hydrogen (secondary N) is 1. The van der Waals surface area contributed by atoms with Crippen molar-refractivity contribution < 1.29 is 4.79 Å². The van der Waals surface area contributed by atoms with Crippen molar-refractivity contribution in [3.63, 3.8) is 0 Å². The van der Waals surface area contributed by atoms with Crippen LogP contribution in [0.15, 0.2) is 34.0 Å². The van der Waals surface area contributed by atoms with E-state index in [-0.39, 0.29) is 5.91 Å². The lowest BCUT2D eigenvalue weighted by atomic mass is 10.0. The Kier molecular flexibility index (Phi) is 5.49. The second kappa shape index (κ2) is 7.60. The fraction of sp³-hybridized carbons (Fsp3) is 0.353. The number of thiazole rings is 1. The van der Waals surface area contributed by atoms with Crippen LogP contribution < -0.4 is 5.32 Å². The Morgan fingerprint density at radius 2 is 2.25 bits per heavy atom. The van der Waals surface area contributed by atoms with Crippen molar-refractivity contribution in [1.82, 2.24) is 10.3 Å².